The molecule has 1 aliphatic carbocycles. The van der Waals surface area contributed by atoms with Gasteiger partial charge in [-0.3, -0.25) is 4.79 Å². The predicted molar refractivity (Wildman–Crippen MR) is 87.2 cm³/mol. The van der Waals surface area contributed by atoms with Crippen molar-refractivity contribution in [2.75, 3.05) is 13.2 Å². The van der Waals surface area contributed by atoms with Crippen LogP contribution >= 0.6 is 0 Å². The summed E-state index contributed by atoms with van der Waals surface area (Å²) in [4.78, 5) is 23.7. The van der Waals surface area contributed by atoms with Crippen molar-refractivity contribution in [3.8, 4) is 0 Å². The van der Waals surface area contributed by atoms with Crippen LogP contribution in [0.25, 0.3) is 0 Å². The number of carbonyl (C=O) groups is 2. The molecule has 0 aromatic heterocycles. The van der Waals surface area contributed by atoms with Crippen LogP contribution in [0, 0.1) is 11.3 Å². The summed E-state index contributed by atoms with van der Waals surface area (Å²) in [5.74, 6) is -0.703. The number of hydrogen-bond acceptors (Lipinski definition) is 4. The molecule has 1 amide bonds. The standard InChI is InChI=1S/C17H31NO5/c1-16(2,3)23-15(22)18-12-17(14(20)21,13-8-9-13)10-6-4-5-7-11-19/h13,19H,4-12H2,1-3H3,(H,18,22)(H,20,21). The number of ether oxygens (including phenoxy) is 1. The fraction of sp³-hybridized carbons (Fsp3) is 0.882. The van der Waals surface area contributed by atoms with Crippen molar-refractivity contribution in [1.29, 1.82) is 0 Å². The molecule has 0 spiro atoms. The summed E-state index contributed by atoms with van der Waals surface area (Å²) >= 11 is 0. The Labute approximate surface area is 138 Å². The van der Waals surface area contributed by atoms with Gasteiger partial charge in [-0.15, -0.1) is 0 Å². The van der Waals surface area contributed by atoms with Gasteiger partial charge in [-0.25, -0.2) is 4.79 Å². The number of amides is 1. The van der Waals surface area contributed by atoms with Gasteiger partial charge in [0, 0.05) is 13.2 Å². The fourth-order valence-corrected chi connectivity index (χ4v) is 2.88. The van der Waals surface area contributed by atoms with E-state index in [9.17, 15) is 14.7 Å². The van der Waals surface area contributed by atoms with Crippen molar-refractivity contribution < 1.29 is 24.5 Å². The normalized spacial score (nSPS) is 17.4. The topological polar surface area (TPSA) is 95.9 Å². The predicted octanol–water partition coefficient (Wildman–Crippen LogP) is 2.93. The third-order valence-electron chi connectivity index (χ3n) is 4.26. The largest absolute Gasteiger partial charge is 0.481 e. The van der Waals surface area contributed by atoms with Gasteiger partial charge in [0.1, 0.15) is 5.60 Å². The van der Waals surface area contributed by atoms with Gasteiger partial charge < -0.3 is 20.3 Å². The highest BCUT2D eigenvalue weighted by Gasteiger charge is 2.50. The fourth-order valence-electron chi connectivity index (χ4n) is 2.88. The minimum atomic E-state index is -0.893. The van der Waals surface area contributed by atoms with Gasteiger partial charge in [-0.05, 0) is 52.4 Å². The van der Waals surface area contributed by atoms with Crippen LogP contribution in [0.15, 0.2) is 0 Å². The molecule has 6 nitrogen and oxygen atoms in total. The number of aliphatic hydroxyl groups is 1. The second-order valence-corrected chi connectivity index (χ2v) is 7.48. The first-order valence-electron chi connectivity index (χ1n) is 8.52. The van der Waals surface area contributed by atoms with Gasteiger partial charge >= 0.3 is 12.1 Å². The Kier molecular flexibility index (Phi) is 7.32. The highest BCUT2D eigenvalue weighted by atomic mass is 16.6. The highest BCUT2D eigenvalue weighted by Crippen LogP contribution is 2.48. The Hall–Kier alpha value is -1.30. The molecule has 0 radical (unpaired) electrons. The number of carbonyl (C=O) groups excluding carboxylic acids is 1. The van der Waals surface area contributed by atoms with E-state index < -0.39 is 23.1 Å². The number of alkyl carbamates (subject to hydrolysis) is 1. The van der Waals surface area contributed by atoms with Gasteiger partial charge in [-0.1, -0.05) is 19.3 Å². The smallest absolute Gasteiger partial charge is 0.407 e. The van der Waals surface area contributed by atoms with Crippen molar-refractivity contribution >= 4 is 12.1 Å². The molecule has 1 aliphatic rings. The Balaban J connectivity index is 2.58. The van der Waals surface area contributed by atoms with Crippen molar-refractivity contribution in [3.63, 3.8) is 0 Å². The average molecular weight is 329 g/mol. The van der Waals surface area contributed by atoms with E-state index in [-0.39, 0.29) is 19.1 Å². The van der Waals surface area contributed by atoms with E-state index in [4.69, 9.17) is 9.84 Å². The number of carboxylic acid groups (broad SMARTS) is 1. The first-order chi connectivity index (χ1) is 10.7. The Morgan fingerprint density at radius 1 is 1.13 bits per heavy atom. The summed E-state index contributed by atoms with van der Waals surface area (Å²) in [5.41, 5.74) is -1.49. The van der Waals surface area contributed by atoms with Crippen LogP contribution in [0.2, 0.25) is 0 Å². The van der Waals surface area contributed by atoms with Crippen LogP contribution in [0.4, 0.5) is 4.79 Å². The van der Waals surface area contributed by atoms with Crippen LogP contribution in [0.1, 0.15) is 65.7 Å². The summed E-state index contributed by atoms with van der Waals surface area (Å²) in [5, 5.41) is 21.2. The van der Waals surface area contributed by atoms with Crippen molar-refractivity contribution in [3.05, 3.63) is 0 Å². The van der Waals surface area contributed by atoms with Gasteiger partial charge in [-0.2, -0.15) is 0 Å². The quantitative estimate of drug-likeness (QED) is 0.536. The van der Waals surface area contributed by atoms with E-state index in [1.165, 1.54) is 0 Å². The highest BCUT2D eigenvalue weighted by molar-refractivity contribution is 5.77. The van der Waals surface area contributed by atoms with Crippen molar-refractivity contribution in [2.24, 2.45) is 11.3 Å². The molecule has 23 heavy (non-hydrogen) atoms. The summed E-state index contributed by atoms with van der Waals surface area (Å²) in [6, 6.07) is 0. The monoisotopic (exact) mass is 329 g/mol. The number of aliphatic carboxylic acids is 1. The Morgan fingerprint density at radius 3 is 2.22 bits per heavy atom. The summed E-state index contributed by atoms with van der Waals surface area (Å²) in [7, 11) is 0. The minimum Gasteiger partial charge on any atom is -0.481 e. The number of rotatable bonds is 10. The maximum absolute atomic E-state index is 11.9. The zero-order valence-corrected chi connectivity index (χ0v) is 14.6. The molecule has 0 bridgehead atoms. The number of unbranched alkanes of at least 4 members (excludes halogenated alkanes) is 3. The first kappa shape index (κ1) is 19.7. The lowest BCUT2D eigenvalue weighted by Gasteiger charge is -2.30. The SMILES string of the molecule is CC(C)(C)OC(=O)NCC(CCCCCCO)(C(=O)O)C1CC1. The van der Waals surface area contributed by atoms with E-state index in [1.807, 2.05) is 0 Å². The van der Waals surface area contributed by atoms with Gasteiger partial charge in [0.2, 0.25) is 0 Å². The van der Waals surface area contributed by atoms with Gasteiger partial charge in [0.05, 0.1) is 5.41 Å². The lowest BCUT2D eigenvalue weighted by molar-refractivity contribution is -0.150. The molecule has 3 N–H and O–H groups in total. The van der Waals surface area contributed by atoms with Crippen LogP contribution in [0.5, 0.6) is 0 Å². The third kappa shape index (κ3) is 6.77. The number of nitrogens with one attached hydrogen (secondary N) is 1. The molecule has 1 atom stereocenters. The molecule has 1 unspecified atom stereocenters. The van der Waals surface area contributed by atoms with Crippen LogP contribution in [0.3, 0.4) is 0 Å². The second-order valence-electron chi connectivity index (χ2n) is 7.48. The van der Waals surface area contributed by atoms with Gasteiger partial charge in [0.15, 0.2) is 0 Å². The third-order valence-corrected chi connectivity index (χ3v) is 4.26. The maximum Gasteiger partial charge on any atom is 0.407 e. The minimum absolute atomic E-state index is 0.113. The van der Waals surface area contributed by atoms with E-state index >= 15 is 0 Å². The molecule has 1 fully saturated rings. The number of hydrogen-bond donors (Lipinski definition) is 3. The number of aliphatic hydroxyl groups excluding tert-OH is 1. The summed E-state index contributed by atoms with van der Waals surface area (Å²) in [6.45, 7) is 5.62. The summed E-state index contributed by atoms with van der Waals surface area (Å²) < 4.78 is 5.20. The van der Waals surface area contributed by atoms with E-state index in [0.29, 0.717) is 6.42 Å². The van der Waals surface area contributed by atoms with E-state index in [0.717, 1.165) is 38.5 Å². The zero-order valence-electron chi connectivity index (χ0n) is 14.6. The first-order valence-corrected chi connectivity index (χ1v) is 8.52. The molecule has 0 saturated heterocycles. The molecular weight excluding hydrogens is 298 g/mol. The molecule has 0 aromatic rings. The van der Waals surface area contributed by atoms with Crippen LogP contribution in [-0.4, -0.2) is 41.0 Å². The lowest BCUT2D eigenvalue weighted by Crippen LogP contribution is -2.46. The Morgan fingerprint density at radius 2 is 1.74 bits per heavy atom. The molecule has 6 heteroatoms. The average Bonchev–Trinajstić information content (AvgIpc) is 3.24. The maximum atomic E-state index is 11.9. The number of carboxylic acids is 1. The molecule has 1 saturated carbocycles. The summed E-state index contributed by atoms with van der Waals surface area (Å²) in [6.07, 6.45) is 5.12. The molecule has 0 heterocycles. The second kappa shape index (κ2) is 8.52. The van der Waals surface area contributed by atoms with Crippen LogP contribution in [-0.2, 0) is 9.53 Å². The van der Waals surface area contributed by atoms with Crippen LogP contribution < -0.4 is 5.32 Å². The molecule has 134 valence electrons. The van der Waals surface area contributed by atoms with Crippen molar-refractivity contribution in [2.45, 2.75) is 71.3 Å². The molecule has 0 aromatic carbocycles. The zero-order chi connectivity index (χ0) is 17.5. The molecule has 0 aliphatic heterocycles. The van der Waals surface area contributed by atoms with E-state index in [2.05, 4.69) is 5.32 Å². The molecular formula is C17H31NO5. The molecule has 1 rings (SSSR count). The Bertz CT molecular complexity index is 400. The van der Waals surface area contributed by atoms with E-state index in [1.54, 1.807) is 20.8 Å². The lowest BCUT2D eigenvalue weighted by atomic mass is 9.77. The van der Waals surface area contributed by atoms with Crippen molar-refractivity contribution in [1.82, 2.24) is 5.32 Å². The van der Waals surface area contributed by atoms with Gasteiger partial charge in [0.25, 0.3) is 0 Å².